The predicted octanol–water partition coefficient (Wildman–Crippen LogP) is 4.56. The third kappa shape index (κ3) is 4.63. The fourth-order valence-electron chi connectivity index (χ4n) is 2.65. The van der Waals surface area contributed by atoms with E-state index >= 15 is 0 Å². The highest BCUT2D eigenvalue weighted by Gasteiger charge is 2.35. The molecule has 0 saturated carbocycles. The molecule has 0 spiro atoms. The first-order chi connectivity index (χ1) is 9.71. The molecule has 0 fully saturated rings. The minimum Gasteiger partial charge on any atom is -0.481 e. The Balaban J connectivity index is 2.84. The largest absolute Gasteiger partial charge is 0.481 e. The second-order valence-electron chi connectivity index (χ2n) is 6.91. The van der Waals surface area contributed by atoms with E-state index in [4.69, 9.17) is 6.42 Å². The number of rotatable bonds is 7. The van der Waals surface area contributed by atoms with E-state index in [1.807, 2.05) is 38.1 Å². The van der Waals surface area contributed by atoms with Gasteiger partial charge in [0.1, 0.15) is 0 Å². The Labute approximate surface area is 128 Å². The van der Waals surface area contributed by atoms with Crippen LogP contribution in [-0.2, 0) is 10.2 Å². The molecule has 114 valence electrons. The van der Waals surface area contributed by atoms with Gasteiger partial charge in [0.25, 0.3) is 0 Å². The van der Waals surface area contributed by atoms with Crippen molar-refractivity contribution in [3.8, 4) is 12.3 Å². The molecule has 0 amide bonds. The molecule has 1 rings (SSSR count). The number of carbonyl (C=O) groups is 1. The van der Waals surface area contributed by atoms with Crippen LogP contribution in [0.25, 0.3) is 0 Å². The summed E-state index contributed by atoms with van der Waals surface area (Å²) in [5, 5.41) is 9.68. The lowest BCUT2D eigenvalue weighted by atomic mass is 9.75. The first-order valence-electron chi connectivity index (χ1n) is 7.45. The van der Waals surface area contributed by atoms with Crippen molar-refractivity contribution < 1.29 is 9.90 Å². The highest BCUT2D eigenvalue weighted by Crippen LogP contribution is 2.34. The van der Waals surface area contributed by atoms with Crippen LogP contribution in [0.3, 0.4) is 0 Å². The normalized spacial score (nSPS) is 14.2. The molecule has 0 bridgehead atoms. The molecular weight excluding hydrogens is 260 g/mol. The standard InChI is InChI=1S/C19H26O2/c1-6-11-18(3,4)12-8-13-19(5,17(20)21)16-10-7-9-15(2)14-16/h1,7,9-10,14H,8,11-13H2,2-5H3,(H,20,21). The average Bonchev–Trinajstić information content (AvgIpc) is 2.37. The minimum absolute atomic E-state index is 0.0702. The van der Waals surface area contributed by atoms with Crippen LogP contribution in [0.1, 0.15) is 57.6 Å². The number of hydrogen-bond donors (Lipinski definition) is 1. The number of carboxylic acids is 1. The van der Waals surface area contributed by atoms with Crippen LogP contribution < -0.4 is 0 Å². The van der Waals surface area contributed by atoms with E-state index in [9.17, 15) is 9.90 Å². The predicted molar refractivity (Wildman–Crippen MR) is 87.2 cm³/mol. The minimum atomic E-state index is -0.835. The summed E-state index contributed by atoms with van der Waals surface area (Å²) in [6, 6.07) is 7.80. The van der Waals surface area contributed by atoms with Gasteiger partial charge >= 0.3 is 5.97 Å². The van der Waals surface area contributed by atoms with Crippen LogP contribution in [0.2, 0.25) is 0 Å². The SMILES string of the molecule is C#CCC(C)(C)CCCC(C)(C(=O)O)c1cccc(C)c1. The Morgan fingerprint density at radius 2 is 1.95 bits per heavy atom. The summed E-state index contributed by atoms with van der Waals surface area (Å²) in [6.07, 6.45) is 8.52. The van der Waals surface area contributed by atoms with Crippen molar-refractivity contribution in [1.29, 1.82) is 0 Å². The number of benzene rings is 1. The topological polar surface area (TPSA) is 37.3 Å². The molecule has 0 heterocycles. The van der Waals surface area contributed by atoms with E-state index in [2.05, 4.69) is 19.8 Å². The molecule has 0 aliphatic heterocycles. The molecule has 2 nitrogen and oxygen atoms in total. The molecule has 1 unspecified atom stereocenters. The Morgan fingerprint density at radius 3 is 2.48 bits per heavy atom. The van der Waals surface area contributed by atoms with Gasteiger partial charge in [-0.15, -0.1) is 12.3 Å². The maximum atomic E-state index is 11.8. The smallest absolute Gasteiger partial charge is 0.313 e. The number of aryl methyl sites for hydroxylation is 1. The quantitative estimate of drug-likeness (QED) is 0.746. The van der Waals surface area contributed by atoms with E-state index in [0.29, 0.717) is 6.42 Å². The van der Waals surface area contributed by atoms with Crippen LogP contribution in [0.15, 0.2) is 24.3 Å². The zero-order chi connectivity index (χ0) is 16.1. The van der Waals surface area contributed by atoms with Gasteiger partial charge in [-0.25, -0.2) is 0 Å². The Bertz CT molecular complexity index is 537. The van der Waals surface area contributed by atoms with E-state index in [1.165, 1.54) is 0 Å². The molecular formula is C19H26O2. The van der Waals surface area contributed by atoms with E-state index in [0.717, 1.165) is 30.4 Å². The summed E-state index contributed by atoms with van der Waals surface area (Å²) in [6.45, 7) is 8.08. The van der Waals surface area contributed by atoms with Crippen molar-refractivity contribution in [3.05, 3.63) is 35.4 Å². The zero-order valence-corrected chi connectivity index (χ0v) is 13.6. The summed E-state index contributed by atoms with van der Waals surface area (Å²) < 4.78 is 0. The van der Waals surface area contributed by atoms with Crippen LogP contribution in [0.5, 0.6) is 0 Å². The average molecular weight is 286 g/mol. The first-order valence-corrected chi connectivity index (χ1v) is 7.45. The van der Waals surface area contributed by atoms with Crippen molar-refractivity contribution in [3.63, 3.8) is 0 Å². The van der Waals surface area contributed by atoms with Crippen molar-refractivity contribution in [1.82, 2.24) is 0 Å². The summed E-state index contributed by atoms with van der Waals surface area (Å²) >= 11 is 0. The monoisotopic (exact) mass is 286 g/mol. The maximum Gasteiger partial charge on any atom is 0.313 e. The fraction of sp³-hybridized carbons (Fsp3) is 0.526. The molecule has 1 atom stereocenters. The Kier molecular flexibility index (Phi) is 5.61. The summed E-state index contributed by atoms with van der Waals surface area (Å²) in [5.41, 5.74) is 1.20. The number of aliphatic carboxylic acids is 1. The van der Waals surface area contributed by atoms with Gasteiger partial charge in [-0.3, -0.25) is 4.79 Å². The molecule has 0 saturated heterocycles. The van der Waals surface area contributed by atoms with Gasteiger partial charge < -0.3 is 5.11 Å². The number of carboxylic acid groups (broad SMARTS) is 1. The second-order valence-corrected chi connectivity index (χ2v) is 6.91. The number of hydrogen-bond acceptors (Lipinski definition) is 1. The van der Waals surface area contributed by atoms with Gasteiger partial charge in [-0.1, -0.05) is 50.1 Å². The van der Waals surface area contributed by atoms with Gasteiger partial charge in [-0.05, 0) is 37.7 Å². The highest BCUT2D eigenvalue weighted by molar-refractivity contribution is 5.80. The zero-order valence-electron chi connectivity index (χ0n) is 13.6. The van der Waals surface area contributed by atoms with E-state index in [1.54, 1.807) is 0 Å². The van der Waals surface area contributed by atoms with Crippen LogP contribution in [0.4, 0.5) is 0 Å². The molecule has 2 heteroatoms. The van der Waals surface area contributed by atoms with E-state index in [-0.39, 0.29) is 5.41 Å². The highest BCUT2D eigenvalue weighted by atomic mass is 16.4. The molecule has 0 aliphatic rings. The molecule has 1 aromatic carbocycles. The fourth-order valence-corrected chi connectivity index (χ4v) is 2.65. The van der Waals surface area contributed by atoms with Gasteiger partial charge in [-0.2, -0.15) is 0 Å². The summed E-state index contributed by atoms with van der Waals surface area (Å²) in [4.78, 5) is 11.8. The first kappa shape index (κ1) is 17.3. The van der Waals surface area contributed by atoms with Crippen molar-refractivity contribution in [2.45, 2.75) is 58.8 Å². The maximum absolute atomic E-state index is 11.8. The van der Waals surface area contributed by atoms with Crippen molar-refractivity contribution >= 4 is 5.97 Å². The van der Waals surface area contributed by atoms with Gasteiger partial charge in [0.2, 0.25) is 0 Å². The number of terminal acetylenes is 1. The summed E-state index contributed by atoms with van der Waals surface area (Å²) in [7, 11) is 0. The van der Waals surface area contributed by atoms with Gasteiger partial charge in [0, 0.05) is 6.42 Å². The molecule has 0 aliphatic carbocycles. The van der Waals surface area contributed by atoms with Crippen LogP contribution in [0, 0.1) is 24.7 Å². The van der Waals surface area contributed by atoms with Gasteiger partial charge in [0.15, 0.2) is 0 Å². The van der Waals surface area contributed by atoms with Gasteiger partial charge in [0.05, 0.1) is 5.41 Å². The lowest BCUT2D eigenvalue weighted by Gasteiger charge is -2.28. The van der Waals surface area contributed by atoms with Crippen LogP contribution in [-0.4, -0.2) is 11.1 Å². The lowest BCUT2D eigenvalue weighted by Crippen LogP contribution is -2.32. The molecule has 0 radical (unpaired) electrons. The lowest BCUT2D eigenvalue weighted by molar-refractivity contribution is -0.143. The Morgan fingerprint density at radius 1 is 1.29 bits per heavy atom. The molecule has 1 aromatic rings. The van der Waals surface area contributed by atoms with Crippen LogP contribution >= 0.6 is 0 Å². The Hall–Kier alpha value is -1.75. The molecule has 1 N–H and O–H groups in total. The summed E-state index contributed by atoms with van der Waals surface area (Å²) in [5.74, 6) is 1.94. The molecule has 0 aromatic heterocycles. The third-order valence-corrected chi connectivity index (χ3v) is 4.24. The van der Waals surface area contributed by atoms with Crippen molar-refractivity contribution in [2.24, 2.45) is 5.41 Å². The third-order valence-electron chi connectivity index (χ3n) is 4.24. The molecule has 21 heavy (non-hydrogen) atoms. The van der Waals surface area contributed by atoms with Crippen molar-refractivity contribution in [2.75, 3.05) is 0 Å². The second kappa shape index (κ2) is 6.80. The van der Waals surface area contributed by atoms with E-state index < -0.39 is 11.4 Å².